The lowest BCUT2D eigenvalue weighted by Crippen LogP contribution is -2.53. The molecule has 0 aliphatic carbocycles. The van der Waals surface area contributed by atoms with E-state index in [0.29, 0.717) is 19.6 Å². The quantitative estimate of drug-likeness (QED) is 0.660. The smallest absolute Gasteiger partial charge is 0.323 e. The number of nitrogens with one attached hydrogen (secondary N) is 1. The average Bonchev–Trinajstić information content (AvgIpc) is 2.35. The van der Waals surface area contributed by atoms with E-state index in [1.807, 2.05) is 13.8 Å². The van der Waals surface area contributed by atoms with E-state index >= 15 is 0 Å². The van der Waals surface area contributed by atoms with Crippen LogP contribution in [0.3, 0.4) is 0 Å². The molecule has 5 heteroatoms. The fourth-order valence-corrected chi connectivity index (χ4v) is 2.31. The summed E-state index contributed by atoms with van der Waals surface area (Å²) in [5.74, 6) is -0.835. The standard InChI is InChI=1S/C14H27NO4/c1-11(2)15-14(3,13(16)17)7-9-18-10-12-6-4-5-8-19-12/h11-12,15H,4-10H2,1-3H3,(H,16,17). The number of hydrogen-bond donors (Lipinski definition) is 2. The molecule has 1 aliphatic heterocycles. The van der Waals surface area contributed by atoms with Crippen LogP contribution in [0.5, 0.6) is 0 Å². The molecule has 1 fully saturated rings. The molecule has 0 aromatic heterocycles. The number of rotatable bonds is 8. The molecule has 2 N–H and O–H groups in total. The maximum absolute atomic E-state index is 11.3. The van der Waals surface area contributed by atoms with Crippen LogP contribution in [0.15, 0.2) is 0 Å². The molecule has 0 aromatic rings. The molecule has 19 heavy (non-hydrogen) atoms. The largest absolute Gasteiger partial charge is 0.480 e. The zero-order valence-electron chi connectivity index (χ0n) is 12.3. The van der Waals surface area contributed by atoms with Crippen molar-refractivity contribution in [2.75, 3.05) is 19.8 Å². The van der Waals surface area contributed by atoms with Gasteiger partial charge in [0, 0.05) is 19.3 Å². The molecule has 0 amide bonds. The minimum Gasteiger partial charge on any atom is -0.480 e. The van der Waals surface area contributed by atoms with Gasteiger partial charge >= 0.3 is 5.97 Å². The van der Waals surface area contributed by atoms with Gasteiger partial charge in [-0.25, -0.2) is 0 Å². The van der Waals surface area contributed by atoms with Crippen LogP contribution in [0.4, 0.5) is 0 Å². The number of aliphatic carboxylic acids is 1. The van der Waals surface area contributed by atoms with Gasteiger partial charge in [0.15, 0.2) is 0 Å². The minimum atomic E-state index is -0.929. The van der Waals surface area contributed by atoms with Gasteiger partial charge in [-0.05, 0) is 46.5 Å². The van der Waals surface area contributed by atoms with Gasteiger partial charge in [-0.2, -0.15) is 0 Å². The zero-order valence-corrected chi connectivity index (χ0v) is 12.3. The average molecular weight is 273 g/mol. The van der Waals surface area contributed by atoms with Crippen LogP contribution in [0.1, 0.15) is 46.5 Å². The first-order valence-corrected chi connectivity index (χ1v) is 7.14. The third kappa shape index (κ3) is 5.89. The highest BCUT2D eigenvalue weighted by atomic mass is 16.5. The Morgan fingerprint density at radius 2 is 2.26 bits per heavy atom. The van der Waals surface area contributed by atoms with Crippen molar-refractivity contribution in [1.82, 2.24) is 5.32 Å². The fraction of sp³-hybridized carbons (Fsp3) is 0.929. The zero-order chi connectivity index (χ0) is 14.3. The van der Waals surface area contributed by atoms with Crippen LogP contribution in [-0.2, 0) is 14.3 Å². The summed E-state index contributed by atoms with van der Waals surface area (Å²) in [6.45, 7) is 7.40. The first-order chi connectivity index (χ1) is 8.94. The lowest BCUT2D eigenvalue weighted by atomic mass is 9.97. The summed E-state index contributed by atoms with van der Waals surface area (Å²) in [6.07, 6.45) is 4.00. The van der Waals surface area contributed by atoms with Crippen LogP contribution >= 0.6 is 0 Å². The van der Waals surface area contributed by atoms with Gasteiger partial charge < -0.3 is 14.6 Å². The molecular formula is C14H27NO4. The van der Waals surface area contributed by atoms with E-state index in [-0.39, 0.29) is 12.1 Å². The molecule has 2 unspecified atom stereocenters. The van der Waals surface area contributed by atoms with Gasteiger partial charge in [0.25, 0.3) is 0 Å². The Kier molecular flexibility index (Phi) is 6.75. The molecular weight excluding hydrogens is 246 g/mol. The molecule has 0 spiro atoms. The van der Waals surface area contributed by atoms with Crippen molar-refractivity contribution in [2.45, 2.75) is 64.1 Å². The Labute approximate surface area is 115 Å². The Bertz CT molecular complexity index is 277. The molecule has 0 saturated carbocycles. The lowest BCUT2D eigenvalue weighted by Gasteiger charge is -2.29. The topological polar surface area (TPSA) is 67.8 Å². The summed E-state index contributed by atoms with van der Waals surface area (Å²) >= 11 is 0. The van der Waals surface area contributed by atoms with Gasteiger partial charge in [-0.1, -0.05) is 0 Å². The highest BCUT2D eigenvalue weighted by Crippen LogP contribution is 2.15. The Morgan fingerprint density at radius 1 is 1.53 bits per heavy atom. The van der Waals surface area contributed by atoms with Gasteiger partial charge in [-0.3, -0.25) is 10.1 Å². The monoisotopic (exact) mass is 273 g/mol. The van der Waals surface area contributed by atoms with E-state index in [1.54, 1.807) is 6.92 Å². The molecule has 5 nitrogen and oxygen atoms in total. The third-order valence-electron chi connectivity index (χ3n) is 3.40. The second-order valence-corrected chi connectivity index (χ2v) is 5.75. The SMILES string of the molecule is CC(C)NC(C)(CCOCC1CCCCO1)C(=O)O. The number of carboxylic acid groups (broad SMARTS) is 1. The summed E-state index contributed by atoms with van der Waals surface area (Å²) in [7, 11) is 0. The van der Waals surface area contributed by atoms with Crippen LogP contribution in [0, 0.1) is 0 Å². The van der Waals surface area contributed by atoms with E-state index in [0.717, 1.165) is 19.4 Å². The molecule has 1 saturated heterocycles. The molecule has 1 aliphatic rings. The summed E-state index contributed by atoms with van der Waals surface area (Å²) in [5.41, 5.74) is -0.929. The van der Waals surface area contributed by atoms with Crippen molar-refractivity contribution in [2.24, 2.45) is 0 Å². The van der Waals surface area contributed by atoms with E-state index in [4.69, 9.17) is 9.47 Å². The van der Waals surface area contributed by atoms with Crippen molar-refractivity contribution >= 4 is 5.97 Å². The molecule has 0 radical (unpaired) electrons. The number of carbonyl (C=O) groups is 1. The normalized spacial score (nSPS) is 23.3. The van der Waals surface area contributed by atoms with E-state index in [2.05, 4.69) is 5.32 Å². The molecule has 112 valence electrons. The number of hydrogen-bond acceptors (Lipinski definition) is 4. The summed E-state index contributed by atoms with van der Waals surface area (Å²) in [4.78, 5) is 11.3. The van der Waals surface area contributed by atoms with Crippen molar-refractivity contribution < 1.29 is 19.4 Å². The molecule has 1 heterocycles. The summed E-state index contributed by atoms with van der Waals surface area (Å²) in [6, 6.07) is 0.128. The third-order valence-corrected chi connectivity index (χ3v) is 3.40. The van der Waals surface area contributed by atoms with Crippen molar-refractivity contribution in [3.05, 3.63) is 0 Å². The molecule has 0 bridgehead atoms. The first-order valence-electron chi connectivity index (χ1n) is 7.14. The Morgan fingerprint density at radius 3 is 2.79 bits per heavy atom. The maximum atomic E-state index is 11.3. The second-order valence-electron chi connectivity index (χ2n) is 5.75. The van der Waals surface area contributed by atoms with E-state index in [9.17, 15) is 9.90 Å². The summed E-state index contributed by atoms with van der Waals surface area (Å²) < 4.78 is 11.1. The molecule has 0 aromatic carbocycles. The Balaban J connectivity index is 2.26. The number of ether oxygens (including phenoxy) is 2. The minimum absolute atomic E-state index is 0.128. The Hall–Kier alpha value is -0.650. The highest BCUT2D eigenvalue weighted by Gasteiger charge is 2.33. The van der Waals surface area contributed by atoms with Gasteiger partial charge in [0.05, 0.1) is 12.7 Å². The predicted molar refractivity (Wildman–Crippen MR) is 73.3 cm³/mol. The molecule has 2 atom stereocenters. The maximum Gasteiger partial charge on any atom is 0.323 e. The fourth-order valence-electron chi connectivity index (χ4n) is 2.31. The molecule has 1 rings (SSSR count). The second kappa shape index (κ2) is 7.82. The first kappa shape index (κ1) is 16.4. The van der Waals surface area contributed by atoms with Crippen molar-refractivity contribution in [1.29, 1.82) is 0 Å². The van der Waals surface area contributed by atoms with Crippen molar-refractivity contribution in [3.8, 4) is 0 Å². The van der Waals surface area contributed by atoms with Crippen molar-refractivity contribution in [3.63, 3.8) is 0 Å². The van der Waals surface area contributed by atoms with E-state index < -0.39 is 11.5 Å². The summed E-state index contributed by atoms with van der Waals surface area (Å²) in [5, 5.41) is 12.4. The number of carboxylic acids is 1. The van der Waals surface area contributed by atoms with Crippen LogP contribution in [0.2, 0.25) is 0 Å². The predicted octanol–water partition coefficient (Wildman–Crippen LogP) is 1.80. The highest BCUT2D eigenvalue weighted by molar-refractivity contribution is 5.78. The lowest BCUT2D eigenvalue weighted by molar-refractivity contribution is -0.145. The van der Waals surface area contributed by atoms with Gasteiger partial charge in [-0.15, -0.1) is 0 Å². The van der Waals surface area contributed by atoms with Crippen LogP contribution < -0.4 is 5.32 Å². The van der Waals surface area contributed by atoms with Gasteiger partial charge in [0.1, 0.15) is 5.54 Å². The van der Waals surface area contributed by atoms with Crippen LogP contribution in [-0.4, -0.2) is 48.6 Å². The van der Waals surface area contributed by atoms with E-state index in [1.165, 1.54) is 6.42 Å². The van der Waals surface area contributed by atoms with Crippen LogP contribution in [0.25, 0.3) is 0 Å². The van der Waals surface area contributed by atoms with Gasteiger partial charge in [0.2, 0.25) is 0 Å².